The maximum Gasteiger partial charge on any atom is 0.244 e. The summed E-state index contributed by atoms with van der Waals surface area (Å²) in [5.74, 6) is 2.87. The summed E-state index contributed by atoms with van der Waals surface area (Å²) in [6.45, 7) is 6.74. The number of anilines is 1. The van der Waals surface area contributed by atoms with Gasteiger partial charge in [0.05, 0.1) is 46.1 Å². The van der Waals surface area contributed by atoms with Crippen molar-refractivity contribution in [2.24, 2.45) is 0 Å². The van der Waals surface area contributed by atoms with E-state index in [1.165, 1.54) is 6.08 Å². The monoisotopic (exact) mass is 530 g/mol. The van der Waals surface area contributed by atoms with E-state index in [9.17, 15) is 4.79 Å². The van der Waals surface area contributed by atoms with E-state index in [-0.39, 0.29) is 5.91 Å². The van der Waals surface area contributed by atoms with Crippen LogP contribution < -0.4 is 24.8 Å². The average Bonchev–Trinajstić information content (AvgIpc) is 3.32. The van der Waals surface area contributed by atoms with Crippen LogP contribution in [0.15, 0.2) is 29.6 Å². The molecule has 0 unspecified atom stereocenters. The lowest BCUT2D eigenvalue weighted by Crippen LogP contribution is -2.25. The molecule has 0 saturated heterocycles. The normalized spacial score (nSPS) is 11.2. The quantitative estimate of drug-likeness (QED) is 0.131. The lowest BCUT2D eigenvalue weighted by atomic mass is 10.1. The summed E-state index contributed by atoms with van der Waals surface area (Å²) in [7, 11) is 4.64. The number of nitrogens with one attached hydrogen (secondary N) is 2. The molecule has 0 fully saturated rings. The van der Waals surface area contributed by atoms with Gasteiger partial charge in [0.15, 0.2) is 22.3 Å². The van der Waals surface area contributed by atoms with Crippen molar-refractivity contribution >= 4 is 40.6 Å². The summed E-state index contributed by atoms with van der Waals surface area (Å²) in [6.07, 6.45) is 4.89. The van der Waals surface area contributed by atoms with E-state index in [4.69, 9.17) is 18.9 Å². The molecule has 3 rings (SSSR count). The van der Waals surface area contributed by atoms with Gasteiger partial charge < -0.3 is 29.6 Å². The summed E-state index contributed by atoms with van der Waals surface area (Å²) < 4.78 is 23.2. The van der Waals surface area contributed by atoms with Crippen LogP contribution in [-0.4, -0.2) is 79.0 Å². The summed E-state index contributed by atoms with van der Waals surface area (Å²) >= 11 is 1.56. The fraction of sp³-hybridized carbons (Fsp3) is 0.440. The first-order valence-electron chi connectivity index (χ1n) is 12.0. The predicted molar refractivity (Wildman–Crippen MR) is 145 cm³/mol. The van der Waals surface area contributed by atoms with Gasteiger partial charge in [-0.05, 0) is 36.4 Å². The van der Waals surface area contributed by atoms with Crippen molar-refractivity contribution in [2.45, 2.75) is 25.5 Å². The molecule has 0 aliphatic carbocycles. The predicted octanol–water partition coefficient (Wildman–Crippen LogP) is 3.24. The summed E-state index contributed by atoms with van der Waals surface area (Å²) in [5.41, 5.74) is 1.46. The molecule has 12 heteroatoms. The second-order valence-corrected chi connectivity index (χ2v) is 8.83. The van der Waals surface area contributed by atoms with Crippen LogP contribution in [0, 0.1) is 0 Å². The second-order valence-electron chi connectivity index (χ2n) is 7.60. The molecule has 2 heterocycles. The first kappa shape index (κ1) is 28.1. The zero-order chi connectivity index (χ0) is 26.6. The van der Waals surface area contributed by atoms with Crippen molar-refractivity contribution in [3.8, 4) is 17.2 Å². The number of nitrogens with zero attached hydrogens (tertiary/aromatic N) is 4. The van der Waals surface area contributed by atoms with Crippen molar-refractivity contribution in [1.29, 1.82) is 0 Å². The largest absolute Gasteiger partial charge is 0.493 e. The number of amides is 1. The molecular formula is C25H34N6O5S. The number of ether oxygens (including phenoxy) is 4. The highest BCUT2D eigenvalue weighted by Crippen LogP contribution is 2.38. The van der Waals surface area contributed by atoms with Crippen LogP contribution in [0.1, 0.15) is 19.4 Å². The van der Waals surface area contributed by atoms with Crippen LogP contribution in [0.2, 0.25) is 0 Å². The first-order chi connectivity index (χ1) is 18.0. The number of aromatic nitrogens is 4. The maximum atomic E-state index is 12.4. The summed E-state index contributed by atoms with van der Waals surface area (Å²) in [6, 6.07) is 3.54. The van der Waals surface area contributed by atoms with Gasteiger partial charge in [0.2, 0.25) is 11.7 Å². The van der Waals surface area contributed by atoms with Crippen LogP contribution in [0.3, 0.4) is 0 Å². The van der Waals surface area contributed by atoms with E-state index in [0.29, 0.717) is 60.9 Å². The standard InChI is InChI=1S/C25H34N6O5S/c1-6-36-13-11-27-23-18-16-28-31(24(18)30-25(29-23)37-7-2)12-10-26-21(32)9-8-17-14-19(33-3)22(35-5)20(15-17)34-4/h8-9,14-16H,6-7,10-13H2,1-5H3,(H,26,32)(H,27,29,30)/b9-8-. The molecule has 2 aromatic heterocycles. The third-order valence-corrected chi connectivity index (χ3v) is 5.96. The van der Waals surface area contributed by atoms with Crippen molar-refractivity contribution in [3.63, 3.8) is 0 Å². The number of carbonyl (C=O) groups is 1. The van der Waals surface area contributed by atoms with E-state index in [0.717, 1.165) is 22.5 Å². The van der Waals surface area contributed by atoms with Crippen LogP contribution in [0.25, 0.3) is 17.1 Å². The van der Waals surface area contributed by atoms with Crippen LogP contribution >= 0.6 is 11.8 Å². The fourth-order valence-electron chi connectivity index (χ4n) is 3.53. The Morgan fingerprint density at radius 1 is 1.08 bits per heavy atom. The highest BCUT2D eigenvalue weighted by Gasteiger charge is 2.14. The molecule has 3 aromatic rings. The molecule has 37 heavy (non-hydrogen) atoms. The van der Waals surface area contributed by atoms with Crippen LogP contribution in [0.5, 0.6) is 17.2 Å². The minimum atomic E-state index is -0.236. The van der Waals surface area contributed by atoms with Gasteiger partial charge in [-0.2, -0.15) is 5.10 Å². The minimum absolute atomic E-state index is 0.236. The molecule has 11 nitrogen and oxygen atoms in total. The molecule has 0 saturated carbocycles. The van der Waals surface area contributed by atoms with Crippen molar-refractivity contribution in [3.05, 3.63) is 30.0 Å². The highest BCUT2D eigenvalue weighted by atomic mass is 32.2. The highest BCUT2D eigenvalue weighted by molar-refractivity contribution is 7.99. The number of thioether (sulfide) groups is 1. The molecule has 0 aliphatic heterocycles. The first-order valence-corrected chi connectivity index (χ1v) is 13.0. The number of hydrogen-bond acceptors (Lipinski definition) is 10. The number of benzene rings is 1. The molecule has 0 atom stereocenters. The van der Waals surface area contributed by atoms with Crippen molar-refractivity contribution in [2.75, 3.05) is 58.7 Å². The number of methoxy groups -OCH3 is 3. The summed E-state index contributed by atoms with van der Waals surface area (Å²) in [4.78, 5) is 21.7. The third kappa shape index (κ3) is 7.49. The van der Waals surface area contributed by atoms with Gasteiger partial charge >= 0.3 is 0 Å². The molecule has 200 valence electrons. The topological polar surface area (TPSA) is 122 Å². The Labute approximate surface area is 220 Å². The molecular weight excluding hydrogens is 496 g/mol. The van der Waals surface area contributed by atoms with E-state index >= 15 is 0 Å². The zero-order valence-corrected chi connectivity index (χ0v) is 22.7. The number of carbonyl (C=O) groups excluding carboxylic acids is 1. The average molecular weight is 531 g/mol. The van der Waals surface area contributed by atoms with Gasteiger partial charge in [-0.15, -0.1) is 0 Å². The summed E-state index contributed by atoms with van der Waals surface area (Å²) in [5, 5.41) is 12.2. The van der Waals surface area contributed by atoms with Crippen molar-refractivity contribution in [1.82, 2.24) is 25.1 Å². The zero-order valence-electron chi connectivity index (χ0n) is 21.9. The minimum Gasteiger partial charge on any atom is -0.493 e. The number of rotatable bonds is 15. The van der Waals surface area contributed by atoms with E-state index in [1.807, 2.05) is 6.92 Å². The lowest BCUT2D eigenvalue weighted by molar-refractivity contribution is -0.116. The fourth-order valence-corrected chi connectivity index (χ4v) is 4.09. The lowest BCUT2D eigenvalue weighted by Gasteiger charge is -2.12. The Kier molecular flexibility index (Phi) is 10.8. The van der Waals surface area contributed by atoms with Crippen molar-refractivity contribution < 1.29 is 23.7 Å². The van der Waals surface area contributed by atoms with Gasteiger partial charge in [0, 0.05) is 25.8 Å². The van der Waals surface area contributed by atoms with Gasteiger partial charge in [-0.25, -0.2) is 14.6 Å². The Hall–Kier alpha value is -3.51. The van der Waals surface area contributed by atoms with Crippen LogP contribution in [-0.2, 0) is 16.1 Å². The molecule has 1 amide bonds. The second kappa shape index (κ2) is 14.3. The maximum absolute atomic E-state index is 12.4. The Bertz CT molecular complexity index is 1190. The van der Waals surface area contributed by atoms with E-state index < -0.39 is 0 Å². The molecule has 0 radical (unpaired) electrons. The smallest absolute Gasteiger partial charge is 0.244 e. The molecule has 0 bridgehead atoms. The molecule has 1 aromatic carbocycles. The number of hydrogen-bond donors (Lipinski definition) is 2. The van der Waals surface area contributed by atoms with Gasteiger partial charge in [-0.1, -0.05) is 18.7 Å². The Morgan fingerprint density at radius 3 is 2.49 bits per heavy atom. The van der Waals surface area contributed by atoms with E-state index in [2.05, 4.69) is 32.6 Å². The SMILES string of the molecule is CCOCCNc1nc(SCC)nc2c1cnn2CCNC(=O)/C=C\c1cc(OC)c(OC)c(OC)c1. The Balaban J connectivity index is 1.65. The van der Waals surface area contributed by atoms with Crippen LogP contribution in [0.4, 0.5) is 5.82 Å². The third-order valence-electron chi connectivity index (χ3n) is 5.23. The Morgan fingerprint density at radius 2 is 1.84 bits per heavy atom. The van der Waals surface area contributed by atoms with Gasteiger partial charge in [-0.3, -0.25) is 4.79 Å². The number of fused-ring (bicyclic) bond motifs is 1. The van der Waals surface area contributed by atoms with Gasteiger partial charge in [0.1, 0.15) is 5.82 Å². The molecule has 2 N–H and O–H groups in total. The molecule has 0 spiro atoms. The van der Waals surface area contributed by atoms with E-state index in [1.54, 1.807) is 62.2 Å². The van der Waals surface area contributed by atoms with Gasteiger partial charge in [0.25, 0.3) is 0 Å². The molecule has 0 aliphatic rings.